The van der Waals surface area contributed by atoms with Crippen LogP contribution in [0.15, 0.2) is 77.7 Å². The van der Waals surface area contributed by atoms with E-state index in [-0.39, 0.29) is 34.0 Å². The second kappa shape index (κ2) is 9.61. The molecule has 0 bridgehead atoms. The van der Waals surface area contributed by atoms with Gasteiger partial charge in [0.1, 0.15) is 5.82 Å². The van der Waals surface area contributed by atoms with Gasteiger partial charge >= 0.3 is 0 Å². The van der Waals surface area contributed by atoms with Crippen molar-refractivity contribution in [2.24, 2.45) is 0 Å². The quantitative estimate of drug-likeness (QED) is 0.499. The van der Waals surface area contributed by atoms with Crippen LogP contribution in [-0.4, -0.2) is 20.2 Å². The zero-order chi connectivity index (χ0) is 23.3. The SMILES string of the molecule is CC(=O)Nc1cccc(C(C)NC(=O)c2ccc(S(=O)(=O)Nc3ccc(F)cc3)cc2)c1. The molecule has 0 aliphatic rings. The van der Waals surface area contributed by atoms with E-state index in [4.69, 9.17) is 0 Å². The summed E-state index contributed by atoms with van der Waals surface area (Å²) in [6.07, 6.45) is 0. The molecule has 3 rings (SSSR count). The van der Waals surface area contributed by atoms with E-state index in [0.29, 0.717) is 5.69 Å². The van der Waals surface area contributed by atoms with E-state index in [9.17, 15) is 22.4 Å². The maximum Gasteiger partial charge on any atom is 0.261 e. The Bertz CT molecular complexity index is 1230. The number of hydrogen-bond donors (Lipinski definition) is 3. The average Bonchev–Trinajstić information content (AvgIpc) is 2.75. The molecule has 3 aromatic carbocycles. The predicted octanol–water partition coefficient (Wildman–Crippen LogP) is 4.08. The van der Waals surface area contributed by atoms with Crippen LogP contribution in [0.3, 0.4) is 0 Å². The lowest BCUT2D eigenvalue weighted by Crippen LogP contribution is -2.26. The van der Waals surface area contributed by atoms with Gasteiger partial charge in [0.25, 0.3) is 15.9 Å². The van der Waals surface area contributed by atoms with Crippen molar-refractivity contribution in [3.63, 3.8) is 0 Å². The molecule has 0 fully saturated rings. The molecule has 0 saturated heterocycles. The first kappa shape index (κ1) is 23.0. The summed E-state index contributed by atoms with van der Waals surface area (Å²) in [6, 6.07) is 17.2. The lowest BCUT2D eigenvalue weighted by atomic mass is 10.1. The fourth-order valence-electron chi connectivity index (χ4n) is 2.97. The Kier molecular flexibility index (Phi) is 6.89. The van der Waals surface area contributed by atoms with Crippen LogP contribution in [0.4, 0.5) is 15.8 Å². The Morgan fingerprint density at radius 2 is 1.56 bits per heavy atom. The molecule has 7 nitrogen and oxygen atoms in total. The molecule has 1 unspecified atom stereocenters. The molecule has 0 aromatic heterocycles. The number of carbonyl (C=O) groups excluding carboxylic acids is 2. The van der Waals surface area contributed by atoms with Crippen molar-refractivity contribution in [1.82, 2.24) is 5.32 Å². The first-order chi connectivity index (χ1) is 15.1. The Morgan fingerprint density at radius 3 is 2.19 bits per heavy atom. The van der Waals surface area contributed by atoms with Gasteiger partial charge in [-0.25, -0.2) is 12.8 Å². The van der Waals surface area contributed by atoms with Crippen LogP contribution in [0, 0.1) is 5.82 Å². The van der Waals surface area contributed by atoms with Crippen molar-refractivity contribution < 1.29 is 22.4 Å². The zero-order valence-electron chi connectivity index (χ0n) is 17.4. The van der Waals surface area contributed by atoms with Crippen molar-refractivity contribution in [2.45, 2.75) is 24.8 Å². The highest BCUT2D eigenvalue weighted by atomic mass is 32.2. The first-order valence-electron chi connectivity index (χ1n) is 9.71. The molecule has 0 radical (unpaired) electrons. The summed E-state index contributed by atoms with van der Waals surface area (Å²) in [7, 11) is -3.89. The summed E-state index contributed by atoms with van der Waals surface area (Å²) >= 11 is 0. The molecule has 0 aliphatic heterocycles. The van der Waals surface area contributed by atoms with Crippen molar-refractivity contribution in [2.75, 3.05) is 10.0 Å². The summed E-state index contributed by atoms with van der Waals surface area (Å²) in [6.45, 7) is 3.22. The van der Waals surface area contributed by atoms with E-state index in [2.05, 4.69) is 15.4 Å². The summed E-state index contributed by atoms with van der Waals surface area (Å²) < 4.78 is 40.4. The highest BCUT2D eigenvalue weighted by molar-refractivity contribution is 7.92. The van der Waals surface area contributed by atoms with Gasteiger partial charge < -0.3 is 10.6 Å². The third-order valence-corrected chi connectivity index (χ3v) is 5.98. The fourth-order valence-corrected chi connectivity index (χ4v) is 4.03. The van der Waals surface area contributed by atoms with E-state index in [0.717, 1.165) is 17.7 Å². The van der Waals surface area contributed by atoms with Gasteiger partial charge in [0.15, 0.2) is 0 Å². The van der Waals surface area contributed by atoms with Crippen LogP contribution in [0.2, 0.25) is 0 Å². The maximum absolute atomic E-state index is 13.0. The van der Waals surface area contributed by atoms with Gasteiger partial charge in [-0.15, -0.1) is 0 Å². The first-order valence-corrected chi connectivity index (χ1v) is 11.2. The third kappa shape index (κ3) is 5.92. The van der Waals surface area contributed by atoms with Crippen LogP contribution >= 0.6 is 0 Å². The Morgan fingerprint density at radius 1 is 0.906 bits per heavy atom. The summed E-state index contributed by atoms with van der Waals surface area (Å²) in [4.78, 5) is 23.8. The van der Waals surface area contributed by atoms with E-state index < -0.39 is 15.8 Å². The van der Waals surface area contributed by atoms with Crippen LogP contribution in [-0.2, 0) is 14.8 Å². The number of benzene rings is 3. The minimum Gasteiger partial charge on any atom is -0.346 e. The minimum atomic E-state index is -3.89. The number of amides is 2. The van der Waals surface area contributed by atoms with Crippen molar-refractivity contribution in [1.29, 1.82) is 0 Å². The number of nitrogens with one attached hydrogen (secondary N) is 3. The fraction of sp³-hybridized carbons (Fsp3) is 0.130. The van der Waals surface area contributed by atoms with Gasteiger partial charge in [-0.3, -0.25) is 14.3 Å². The summed E-state index contributed by atoms with van der Waals surface area (Å²) in [5.74, 6) is -1.04. The molecule has 166 valence electrons. The van der Waals surface area contributed by atoms with Gasteiger partial charge in [-0.2, -0.15) is 0 Å². The molecule has 2 amide bonds. The second-order valence-corrected chi connectivity index (χ2v) is 8.82. The van der Waals surface area contributed by atoms with Crippen molar-refractivity contribution >= 4 is 33.2 Å². The van der Waals surface area contributed by atoms with Crippen molar-refractivity contribution in [3.8, 4) is 0 Å². The molecule has 1 atom stereocenters. The smallest absolute Gasteiger partial charge is 0.261 e. The lowest BCUT2D eigenvalue weighted by molar-refractivity contribution is -0.114. The molecule has 0 saturated carbocycles. The Balaban J connectivity index is 1.68. The van der Waals surface area contributed by atoms with Gasteiger partial charge in [0.2, 0.25) is 5.91 Å². The molecule has 32 heavy (non-hydrogen) atoms. The molecule has 3 aromatic rings. The van der Waals surface area contributed by atoms with Crippen LogP contribution in [0.25, 0.3) is 0 Å². The third-order valence-electron chi connectivity index (χ3n) is 4.58. The number of carbonyl (C=O) groups is 2. The predicted molar refractivity (Wildman–Crippen MR) is 120 cm³/mol. The standard InChI is InChI=1S/C23H22FN3O4S/c1-15(18-4-3-5-21(14-18)26-16(2)28)25-23(29)17-6-12-22(13-7-17)32(30,31)27-20-10-8-19(24)9-11-20/h3-15,27H,1-2H3,(H,25,29)(H,26,28). The maximum atomic E-state index is 13.0. The number of halogens is 1. The molecule has 0 aliphatic carbocycles. The number of anilines is 2. The van der Waals surface area contributed by atoms with Crippen LogP contribution in [0.5, 0.6) is 0 Å². The normalized spacial score (nSPS) is 12.0. The van der Waals surface area contributed by atoms with E-state index in [1.807, 2.05) is 6.07 Å². The molecular weight excluding hydrogens is 433 g/mol. The molecule has 9 heteroatoms. The van der Waals surface area contributed by atoms with Gasteiger partial charge in [0, 0.05) is 23.9 Å². The van der Waals surface area contributed by atoms with Gasteiger partial charge in [-0.05, 0) is 73.2 Å². The largest absolute Gasteiger partial charge is 0.346 e. The van der Waals surface area contributed by atoms with Gasteiger partial charge in [-0.1, -0.05) is 12.1 Å². The van der Waals surface area contributed by atoms with Crippen molar-refractivity contribution in [3.05, 3.63) is 89.7 Å². The summed E-state index contributed by atoms with van der Waals surface area (Å²) in [5, 5.41) is 5.54. The molecule has 0 spiro atoms. The number of sulfonamides is 1. The molecule has 0 heterocycles. The van der Waals surface area contributed by atoms with Crippen LogP contribution < -0.4 is 15.4 Å². The van der Waals surface area contributed by atoms with E-state index in [1.165, 1.54) is 43.3 Å². The minimum absolute atomic E-state index is 0.0329. The zero-order valence-corrected chi connectivity index (χ0v) is 18.2. The Labute approximate surface area is 185 Å². The van der Waals surface area contributed by atoms with E-state index >= 15 is 0 Å². The number of hydrogen-bond acceptors (Lipinski definition) is 4. The highest BCUT2D eigenvalue weighted by Gasteiger charge is 2.17. The van der Waals surface area contributed by atoms with E-state index in [1.54, 1.807) is 25.1 Å². The highest BCUT2D eigenvalue weighted by Crippen LogP contribution is 2.20. The molecular formula is C23H22FN3O4S. The van der Waals surface area contributed by atoms with Gasteiger partial charge in [0.05, 0.1) is 10.9 Å². The average molecular weight is 456 g/mol. The number of rotatable bonds is 7. The van der Waals surface area contributed by atoms with Crippen LogP contribution in [0.1, 0.15) is 35.8 Å². The topological polar surface area (TPSA) is 104 Å². The summed E-state index contributed by atoms with van der Waals surface area (Å²) in [5.41, 5.74) is 1.94. The Hall–Kier alpha value is -3.72. The monoisotopic (exact) mass is 455 g/mol. The lowest BCUT2D eigenvalue weighted by Gasteiger charge is -2.16. The molecule has 3 N–H and O–H groups in total. The second-order valence-electron chi connectivity index (χ2n) is 7.14.